The Kier molecular flexibility index (Phi) is 4.20. The number of nitrogens with one attached hydrogen (secondary N) is 2. The van der Waals surface area contributed by atoms with E-state index in [0.717, 1.165) is 56.6 Å². The molecular weight excluding hydrogens is 290 g/mol. The number of hydrazine groups is 1. The fourth-order valence-corrected chi connectivity index (χ4v) is 3.88. The lowest BCUT2D eigenvalue weighted by Gasteiger charge is -2.33. The second-order valence-electron chi connectivity index (χ2n) is 6.64. The van der Waals surface area contributed by atoms with Crippen LogP contribution < -0.4 is 11.1 Å². The number of fused-ring (bicyclic) bond motifs is 1. The second kappa shape index (κ2) is 6.47. The van der Waals surface area contributed by atoms with Gasteiger partial charge in [0.05, 0.1) is 11.0 Å². The van der Waals surface area contributed by atoms with Crippen LogP contribution >= 0.6 is 0 Å². The molecule has 0 spiro atoms. The van der Waals surface area contributed by atoms with Gasteiger partial charge < -0.3 is 9.88 Å². The molecule has 2 N–H and O–H groups in total. The largest absolute Gasteiger partial charge is 0.326 e. The summed E-state index contributed by atoms with van der Waals surface area (Å²) in [4.78, 5) is 17.8. The molecule has 1 aromatic heterocycles. The molecule has 0 aliphatic carbocycles. The van der Waals surface area contributed by atoms with Crippen LogP contribution in [0, 0.1) is 0 Å². The van der Waals surface area contributed by atoms with Gasteiger partial charge in [-0.1, -0.05) is 12.1 Å². The van der Waals surface area contributed by atoms with Gasteiger partial charge in [0, 0.05) is 45.3 Å². The molecule has 6 nitrogen and oxygen atoms in total. The zero-order valence-electron chi connectivity index (χ0n) is 13.5. The number of nitrogens with zero attached hydrogens (tertiary/aromatic N) is 3. The summed E-state index contributed by atoms with van der Waals surface area (Å²) < 4.78 is 1.97. The number of hydrogen-bond acceptors (Lipinski definition) is 4. The highest BCUT2D eigenvalue weighted by Gasteiger charge is 2.23. The minimum atomic E-state index is 0.0333. The van der Waals surface area contributed by atoms with Crippen LogP contribution in [0.3, 0.4) is 0 Å². The average Bonchev–Trinajstić information content (AvgIpc) is 3.20. The summed E-state index contributed by atoms with van der Waals surface area (Å²) in [6.45, 7) is 6.64. The van der Waals surface area contributed by atoms with E-state index in [1.807, 2.05) is 28.8 Å². The van der Waals surface area contributed by atoms with Crippen molar-refractivity contribution in [1.29, 1.82) is 0 Å². The standard InChI is InChI=1S/C17H25N5O/c23-17-19-15-4-1-2-5-16(15)22(17)14-6-10-20(11-7-14)12-13-21-9-3-8-18-21/h1-2,4-5,14,18H,3,6-13H2,(H,19,23). The Hall–Kier alpha value is -1.63. The van der Waals surface area contributed by atoms with Gasteiger partial charge in [-0.05, 0) is 31.4 Å². The number of benzene rings is 1. The molecule has 3 heterocycles. The van der Waals surface area contributed by atoms with Crippen molar-refractivity contribution in [3.63, 3.8) is 0 Å². The van der Waals surface area contributed by atoms with Gasteiger partial charge in [0.15, 0.2) is 0 Å². The van der Waals surface area contributed by atoms with E-state index in [9.17, 15) is 4.79 Å². The molecule has 2 fully saturated rings. The third-order valence-electron chi connectivity index (χ3n) is 5.17. The van der Waals surface area contributed by atoms with Crippen LogP contribution in [0.4, 0.5) is 0 Å². The monoisotopic (exact) mass is 315 g/mol. The molecule has 0 saturated carbocycles. The highest BCUT2D eigenvalue weighted by Crippen LogP contribution is 2.24. The summed E-state index contributed by atoms with van der Waals surface area (Å²) in [6.07, 6.45) is 3.36. The van der Waals surface area contributed by atoms with Crippen LogP contribution in [0.1, 0.15) is 25.3 Å². The van der Waals surface area contributed by atoms with E-state index in [2.05, 4.69) is 20.3 Å². The van der Waals surface area contributed by atoms with Crippen molar-refractivity contribution in [1.82, 2.24) is 24.9 Å². The first-order valence-corrected chi connectivity index (χ1v) is 8.71. The molecule has 0 unspecified atom stereocenters. The van der Waals surface area contributed by atoms with E-state index < -0.39 is 0 Å². The number of aromatic nitrogens is 2. The zero-order chi connectivity index (χ0) is 15.6. The van der Waals surface area contributed by atoms with E-state index in [-0.39, 0.29) is 5.69 Å². The Balaban J connectivity index is 1.39. The highest BCUT2D eigenvalue weighted by atomic mass is 16.1. The van der Waals surface area contributed by atoms with E-state index in [0.29, 0.717) is 6.04 Å². The number of rotatable bonds is 4. The summed E-state index contributed by atoms with van der Waals surface area (Å²) in [5.41, 5.74) is 5.43. The molecule has 1 aromatic carbocycles. The van der Waals surface area contributed by atoms with Crippen molar-refractivity contribution in [2.75, 3.05) is 39.3 Å². The maximum absolute atomic E-state index is 12.3. The first-order chi connectivity index (χ1) is 11.3. The zero-order valence-corrected chi connectivity index (χ0v) is 13.5. The molecule has 6 heteroatoms. The topological polar surface area (TPSA) is 56.3 Å². The van der Waals surface area contributed by atoms with Gasteiger partial charge in [-0.25, -0.2) is 9.80 Å². The minimum Gasteiger partial charge on any atom is -0.306 e. The lowest BCUT2D eigenvalue weighted by atomic mass is 10.0. The van der Waals surface area contributed by atoms with E-state index in [4.69, 9.17) is 0 Å². The first-order valence-electron chi connectivity index (χ1n) is 8.71. The smallest absolute Gasteiger partial charge is 0.306 e. The van der Waals surface area contributed by atoms with Gasteiger partial charge in [-0.15, -0.1) is 0 Å². The van der Waals surface area contributed by atoms with Crippen molar-refractivity contribution in [3.05, 3.63) is 34.7 Å². The summed E-state index contributed by atoms with van der Waals surface area (Å²) in [5, 5.41) is 2.33. The van der Waals surface area contributed by atoms with Crippen LogP contribution in [-0.2, 0) is 0 Å². The van der Waals surface area contributed by atoms with E-state index in [1.54, 1.807) is 0 Å². The fraction of sp³-hybridized carbons (Fsp3) is 0.588. The lowest BCUT2D eigenvalue weighted by Crippen LogP contribution is -2.42. The molecule has 0 bridgehead atoms. The van der Waals surface area contributed by atoms with Crippen LogP contribution in [0.25, 0.3) is 11.0 Å². The maximum Gasteiger partial charge on any atom is 0.326 e. The summed E-state index contributed by atoms with van der Waals surface area (Å²) in [7, 11) is 0. The van der Waals surface area contributed by atoms with Crippen molar-refractivity contribution >= 4 is 11.0 Å². The van der Waals surface area contributed by atoms with Gasteiger partial charge in [0.2, 0.25) is 0 Å². The summed E-state index contributed by atoms with van der Waals surface area (Å²) in [5.74, 6) is 0. The van der Waals surface area contributed by atoms with Crippen LogP contribution in [-0.4, -0.2) is 58.7 Å². The third kappa shape index (κ3) is 3.06. The predicted octanol–water partition coefficient (Wildman–Crippen LogP) is 1.18. The molecule has 2 aromatic rings. The average molecular weight is 315 g/mol. The highest BCUT2D eigenvalue weighted by molar-refractivity contribution is 5.75. The lowest BCUT2D eigenvalue weighted by molar-refractivity contribution is 0.151. The number of hydrogen-bond donors (Lipinski definition) is 2. The molecule has 2 aliphatic rings. The van der Waals surface area contributed by atoms with E-state index in [1.165, 1.54) is 13.0 Å². The normalized spacial score (nSPS) is 21.4. The predicted molar refractivity (Wildman–Crippen MR) is 91.5 cm³/mol. The number of H-pyrrole nitrogens is 1. The molecule has 124 valence electrons. The first kappa shape index (κ1) is 14.9. The molecule has 2 saturated heterocycles. The van der Waals surface area contributed by atoms with Gasteiger partial charge in [0.25, 0.3) is 0 Å². The van der Waals surface area contributed by atoms with Gasteiger partial charge in [0.1, 0.15) is 0 Å². The Labute approximate surface area is 136 Å². The number of piperidine rings is 1. The molecule has 2 aliphatic heterocycles. The molecular formula is C17H25N5O. The number of imidazole rings is 1. The molecule has 0 atom stereocenters. The number of para-hydroxylation sites is 2. The Morgan fingerprint density at radius 2 is 1.91 bits per heavy atom. The van der Waals surface area contributed by atoms with Gasteiger partial charge in [-0.2, -0.15) is 0 Å². The minimum absolute atomic E-state index is 0.0333. The van der Waals surface area contributed by atoms with Crippen molar-refractivity contribution in [3.8, 4) is 0 Å². The van der Waals surface area contributed by atoms with Crippen molar-refractivity contribution in [2.24, 2.45) is 0 Å². The second-order valence-corrected chi connectivity index (χ2v) is 6.64. The Bertz CT molecular complexity index is 707. The number of likely N-dealkylation sites (tertiary alicyclic amines) is 1. The number of aromatic amines is 1. The van der Waals surface area contributed by atoms with Crippen LogP contribution in [0.15, 0.2) is 29.1 Å². The Morgan fingerprint density at radius 1 is 1.09 bits per heavy atom. The van der Waals surface area contributed by atoms with Gasteiger partial charge in [-0.3, -0.25) is 9.99 Å². The van der Waals surface area contributed by atoms with Crippen LogP contribution in [0.5, 0.6) is 0 Å². The fourth-order valence-electron chi connectivity index (χ4n) is 3.88. The van der Waals surface area contributed by atoms with Crippen molar-refractivity contribution in [2.45, 2.75) is 25.3 Å². The van der Waals surface area contributed by atoms with Crippen LogP contribution in [0.2, 0.25) is 0 Å². The molecule has 0 amide bonds. The third-order valence-corrected chi connectivity index (χ3v) is 5.17. The summed E-state index contributed by atoms with van der Waals surface area (Å²) in [6, 6.07) is 8.31. The van der Waals surface area contributed by atoms with Gasteiger partial charge >= 0.3 is 5.69 Å². The molecule has 4 rings (SSSR count). The summed E-state index contributed by atoms with van der Waals surface area (Å²) >= 11 is 0. The molecule has 0 radical (unpaired) electrons. The molecule has 23 heavy (non-hydrogen) atoms. The maximum atomic E-state index is 12.3. The van der Waals surface area contributed by atoms with E-state index >= 15 is 0 Å². The quantitative estimate of drug-likeness (QED) is 0.889. The Morgan fingerprint density at radius 3 is 2.70 bits per heavy atom. The van der Waals surface area contributed by atoms with Crippen molar-refractivity contribution < 1.29 is 0 Å². The SMILES string of the molecule is O=c1[nH]c2ccccc2n1C1CCN(CCN2CCCN2)CC1.